The fourth-order valence-corrected chi connectivity index (χ4v) is 2.16. The van der Waals surface area contributed by atoms with Crippen LogP contribution >= 0.6 is 0 Å². The Morgan fingerprint density at radius 3 is 2.29 bits per heavy atom. The molecule has 0 unspecified atom stereocenters. The number of nitrogens with zero attached hydrogens (tertiary/aromatic N) is 3. The summed E-state index contributed by atoms with van der Waals surface area (Å²) in [6.07, 6.45) is 3.33. The zero-order chi connectivity index (χ0) is 13.1. The molecular formula is C11H20BN3O2. The highest BCUT2D eigenvalue weighted by Crippen LogP contribution is 2.48. The average Bonchev–Trinajstić information content (AvgIpc) is 2.61. The van der Waals surface area contributed by atoms with E-state index in [4.69, 9.17) is 0 Å². The van der Waals surface area contributed by atoms with Gasteiger partial charge in [-0.05, 0) is 13.8 Å². The predicted molar refractivity (Wildman–Crippen MR) is 68.4 cm³/mol. The lowest BCUT2D eigenvalue weighted by molar-refractivity contribution is -0.160. The van der Waals surface area contributed by atoms with E-state index in [2.05, 4.69) is 37.7 Å². The van der Waals surface area contributed by atoms with Crippen LogP contribution in [0.15, 0.2) is 12.4 Å². The summed E-state index contributed by atoms with van der Waals surface area (Å²) in [4.78, 5) is 2.22. The number of aromatic nitrogens is 2. The molecule has 17 heavy (non-hydrogen) atoms. The van der Waals surface area contributed by atoms with Crippen molar-refractivity contribution in [2.45, 2.75) is 39.0 Å². The molecule has 1 saturated heterocycles. The Hall–Kier alpha value is -1.01. The first-order chi connectivity index (χ1) is 7.56. The first-order valence-corrected chi connectivity index (χ1v) is 5.83. The van der Waals surface area contributed by atoms with Crippen LogP contribution in [0.1, 0.15) is 27.7 Å². The van der Waals surface area contributed by atoms with Crippen LogP contribution < -0.4 is 4.90 Å². The highest BCUT2D eigenvalue weighted by atomic mass is 16.5. The second-order valence-electron chi connectivity index (χ2n) is 6.14. The van der Waals surface area contributed by atoms with Crippen molar-refractivity contribution < 1.29 is 10.2 Å². The van der Waals surface area contributed by atoms with Gasteiger partial charge in [-0.2, -0.15) is 5.10 Å². The molecule has 0 amide bonds. The minimum Gasteiger partial charge on any atom is -0.363 e. The molecule has 1 fully saturated rings. The zero-order valence-electron chi connectivity index (χ0n) is 11.1. The lowest BCUT2D eigenvalue weighted by Gasteiger charge is -2.62. The molecule has 0 bridgehead atoms. The predicted octanol–water partition coefficient (Wildman–Crippen LogP) is -0.307. The molecule has 0 saturated carbocycles. The van der Waals surface area contributed by atoms with Crippen molar-refractivity contribution in [3.63, 3.8) is 0 Å². The van der Waals surface area contributed by atoms with E-state index in [1.807, 2.05) is 0 Å². The van der Waals surface area contributed by atoms with Crippen molar-refractivity contribution in [3.8, 4) is 0 Å². The summed E-state index contributed by atoms with van der Waals surface area (Å²) in [6, 6.07) is 0. The summed E-state index contributed by atoms with van der Waals surface area (Å²) in [6.45, 7) is 9.78. The smallest absolute Gasteiger partial charge is 0.215 e. The van der Waals surface area contributed by atoms with E-state index in [1.54, 1.807) is 12.4 Å². The normalized spacial score (nSPS) is 22.4. The van der Waals surface area contributed by atoms with Gasteiger partial charge in [-0.3, -0.25) is 0 Å². The monoisotopic (exact) mass is 237 g/mol. The van der Waals surface area contributed by atoms with E-state index in [1.165, 1.54) is 7.85 Å². The molecule has 1 aromatic rings. The third kappa shape index (κ3) is 1.75. The quantitative estimate of drug-likeness (QED) is 0.547. The van der Waals surface area contributed by atoms with Crippen LogP contribution in [0.4, 0.5) is 5.69 Å². The standard InChI is InChI=1S/C11H20BN3O2/c1-9(2)7-14(10(9,3)4)8-5-13-15(6-8)11(12,16)17/h5-6,16-17H,7,12H2,1-4H3. The lowest BCUT2D eigenvalue weighted by Crippen LogP contribution is -2.69. The molecule has 2 N–H and O–H groups in total. The topological polar surface area (TPSA) is 61.5 Å². The SMILES string of the molecule is BC(O)(O)n1cc(N2CC(C)(C)C2(C)C)cn1. The van der Waals surface area contributed by atoms with Crippen LogP contribution in [0.2, 0.25) is 0 Å². The molecule has 6 heteroatoms. The summed E-state index contributed by atoms with van der Waals surface area (Å²) in [5, 5.41) is 22.9. The van der Waals surface area contributed by atoms with Crippen molar-refractivity contribution in [2.24, 2.45) is 5.41 Å². The molecule has 1 aromatic heterocycles. The summed E-state index contributed by atoms with van der Waals surface area (Å²) in [5.74, 6) is -1.94. The molecule has 0 spiro atoms. The largest absolute Gasteiger partial charge is 0.363 e. The van der Waals surface area contributed by atoms with E-state index >= 15 is 0 Å². The third-order valence-electron chi connectivity index (χ3n) is 4.20. The Balaban J connectivity index is 2.24. The van der Waals surface area contributed by atoms with Crippen molar-refractivity contribution in [1.29, 1.82) is 0 Å². The van der Waals surface area contributed by atoms with Gasteiger partial charge in [0.1, 0.15) is 0 Å². The van der Waals surface area contributed by atoms with Gasteiger partial charge >= 0.3 is 0 Å². The first-order valence-electron chi connectivity index (χ1n) is 5.83. The third-order valence-corrected chi connectivity index (χ3v) is 4.20. The van der Waals surface area contributed by atoms with Gasteiger partial charge < -0.3 is 15.1 Å². The van der Waals surface area contributed by atoms with Gasteiger partial charge in [0.05, 0.1) is 18.1 Å². The Bertz CT molecular complexity index is 434. The minimum absolute atomic E-state index is 0.0438. The van der Waals surface area contributed by atoms with E-state index < -0.39 is 5.81 Å². The van der Waals surface area contributed by atoms with Gasteiger partial charge in [-0.15, -0.1) is 0 Å². The fraction of sp³-hybridized carbons (Fsp3) is 0.727. The number of hydrogen-bond donors (Lipinski definition) is 2. The summed E-state index contributed by atoms with van der Waals surface area (Å²) >= 11 is 0. The van der Waals surface area contributed by atoms with Crippen LogP contribution in [-0.4, -0.2) is 39.9 Å². The van der Waals surface area contributed by atoms with Crippen molar-refractivity contribution >= 4 is 13.5 Å². The molecule has 1 aliphatic rings. The molecule has 0 aromatic carbocycles. The van der Waals surface area contributed by atoms with E-state index in [0.717, 1.165) is 16.9 Å². The van der Waals surface area contributed by atoms with Gasteiger partial charge in [-0.25, -0.2) is 4.68 Å². The summed E-state index contributed by atoms with van der Waals surface area (Å²) in [7, 11) is 1.29. The number of hydrogen-bond acceptors (Lipinski definition) is 4. The maximum absolute atomic E-state index is 9.45. The Morgan fingerprint density at radius 2 is 1.94 bits per heavy atom. The van der Waals surface area contributed by atoms with Crippen LogP contribution in [0.25, 0.3) is 0 Å². The van der Waals surface area contributed by atoms with Crippen LogP contribution in [0.3, 0.4) is 0 Å². The summed E-state index contributed by atoms with van der Waals surface area (Å²) in [5.41, 5.74) is 1.21. The minimum atomic E-state index is -1.94. The second kappa shape index (κ2) is 3.26. The van der Waals surface area contributed by atoms with Gasteiger partial charge in [0, 0.05) is 17.5 Å². The van der Waals surface area contributed by atoms with Crippen molar-refractivity contribution in [3.05, 3.63) is 12.4 Å². The number of aliphatic hydroxyl groups is 2. The Labute approximate surface area is 102 Å². The number of anilines is 1. The highest BCUT2D eigenvalue weighted by Gasteiger charge is 2.52. The Morgan fingerprint density at radius 1 is 1.35 bits per heavy atom. The van der Waals surface area contributed by atoms with Gasteiger partial charge in [0.15, 0.2) is 0 Å². The maximum Gasteiger partial charge on any atom is 0.215 e. The van der Waals surface area contributed by atoms with E-state index in [0.29, 0.717) is 0 Å². The van der Waals surface area contributed by atoms with E-state index in [-0.39, 0.29) is 11.0 Å². The van der Waals surface area contributed by atoms with Gasteiger partial charge in [0.2, 0.25) is 13.7 Å². The lowest BCUT2D eigenvalue weighted by atomic mass is 9.65. The van der Waals surface area contributed by atoms with Crippen LogP contribution in [-0.2, 0) is 5.81 Å². The molecule has 0 atom stereocenters. The van der Waals surface area contributed by atoms with Crippen LogP contribution in [0, 0.1) is 5.41 Å². The molecule has 1 aliphatic heterocycles. The van der Waals surface area contributed by atoms with Crippen molar-refractivity contribution in [2.75, 3.05) is 11.4 Å². The molecule has 94 valence electrons. The molecule has 2 rings (SSSR count). The Kier molecular flexibility index (Phi) is 2.39. The number of rotatable bonds is 2. The van der Waals surface area contributed by atoms with E-state index in [9.17, 15) is 10.2 Å². The average molecular weight is 237 g/mol. The molecule has 0 aliphatic carbocycles. The van der Waals surface area contributed by atoms with Crippen LogP contribution in [0.5, 0.6) is 0 Å². The van der Waals surface area contributed by atoms with Gasteiger partial charge in [-0.1, -0.05) is 13.8 Å². The first kappa shape index (κ1) is 12.5. The second-order valence-corrected chi connectivity index (χ2v) is 6.14. The zero-order valence-corrected chi connectivity index (χ0v) is 11.1. The molecule has 2 heterocycles. The molecular weight excluding hydrogens is 217 g/mol. The fourth-order valence-electron chi connectivity index (χ4n) is 2.16. The van der Waals surface area contributed by atoms with Gasteiger partial charge in [0.25, 0.3) is 0 Å². The summed E-state index contributed by atoms with van der Waals surface area (Å²) < 4.78 is 1.16. The molecule has 0 radical (unpaired) electrons. The highest BCUT2D eigenvalue weighted by molar-refractivity contribution is 6.11. The maximum atomic E-state index is 9.45. The molecule has 5 nitrogen and oxygen atoms in total. The van der Waals surface area contributed by atoms with Crippen molar-refractivity contribution in [1.82, 2.24) is 9.78 Å².